The molecule has 1 aliphatic carbocycles. The summed E-state index contributed by atoms with van der Waals surface area (Å²) in [4.78, 5) is 74.5. The van der Waals surface area contributed by atoms with E-state index in [-0.39, 0.29) is 88.5 Å². The third-order valence-corrected chi connectivity index (χ3v) is 11.0. The molecule has 0 bridgehead atoms. The van der Waals surface area contributed by atoms with E-state index in [1.807, 2.05) is 0 Å². The van der Waals surface area contributed by atoms with E-state index in [9.17, 15) is 28.8 Å². The Hall–Kier alpha value is -4.90. The molecule has 0 spiro atoms. The van der Waals surface area contributed by atoms with Gasteiger partial charge in [0.05, 0.1) is 63.9 Å². The summed E-state index contributed by atoms with van der Waals surface area (Å²) in [5.74, 6) is -2.59. The van der Waals surface area contributed by atoms with E-state index in [1.54, 1.807) is 62.4 Å². The number of carbonyl (C=O) groups is 6. The van der Waals surface area contributed by atoms with Crippen LogP contribution in [0.5, 0.6) is 11.5 Å². The van der Waals surface area contributed by atoms with Crippen LogP contribution < -0.4 is 9.47 Å². The van der Waals surface area contributed by atoms with Gasteiger partial charge in [0.25, 0.3) is 0 Å². The van der Waals surface area contributed by atoms with Gasteiger partial charge in [0.15, 0.2) is 12.6 Å². The summed E-state index contributed by atoms with van der Waals surface area (Å²) in [5.41, 5.74) is 1.76. The van der Waals surface area contributed by atoms with Crippen molar-refractivity contribution in [1.82, 2.24) is 0 Å². The zero-order valence-electron chi connectivity index (χ0n) is 37.2. The summed E-state index contributed by atoms with van der Waals surface area (Å²) in [6.45, 7) is 5.51. The molecular formula is C48H64O16. The summed E-state index contributed by atoms with van der Waals surface area (Å²) in [7, 11) is 0. The smallest absolute Gasteiger partial charge is 0.314 e. The highest BCUT2D eigenvalue weighted by atomic mass is 16.7. The molecule has 2 aliphatic heterocycles. The first kappa shape index (κ1) is 50.1. The van der Waals surface area contributed by atoms with Gasteiger partial charge in [-0.3, -0.25) is 28.8 Å². The monoisotopic (exact) mass is 896 g/mol. The van der Waals surface area contributed by atoms with Crippen LogP contribution in [-0.2, 0) is 79.5 Å². The Bertz CT molecular complexity index is 1630. The topological polar surface area (TPSA) is 195 Å². The average Bonchev–Trinajstić information content (AvgIpc) is 3.30. The maximum absolute atomic E-state index is 12.9. The number of carbonyl (C=O) groups excluding carboxylic acids is 6. The molecule has 352 valence electrons. The Morgan fingerprint density at radius 2 is 0.891 bits per heavy atom. The predicted octanol–water partition coefficient (Wildman–Crippen LogP) is 6.69. The van der Waals surface area contributed by atoms with Crippen molar-refractivity contribution >= 4 is 35.8 Å². The van der Waals surface area contributed by atoms with E-state index in [2.05, 4.69) is 0 Å². The molecule has 2 saturated heterocycles. The summed E-state index contributed by atoms with van der Waals surface area (Å²) < 4.78 is 54.7. The maximum atomic E-state index is 12.9. The Labute approximate surface area is 375 Å². The number of rotatable bonds is 24. The fourth-order valence-corrected chi connectivity index (χ4v) is 7.34. The Morgan fingerprint density at radius 3 is 1.25 bits per heavy atom. The largest absolute Gasteiger partial charge is 0.465 e. The van der Waals surface area contributed by atoms with E-state index >= 15 is 0 Å². The standard InChI is InChI=1S/C48H64O16/c1-33(31-59-45-7-3-5-27-57-45)61-43(51)23-21-41(49)55-29-25-35-9-17-39(18-10-35)63-47(53)37-13-15-38(16-14-37)48(54)64-40-19-11-36(12-20-40)26-30-56-42(50)22-24-44(52)62-34(2)32-60-46-8-4-6-28-58-46/h9-12,17-20,33-34,37-38,45-46H,3-8,13-16,21-32H2,1-2H3/t33-,34-,37?,38?,45?,46?/m0/s1. The van der Waals surface area contributed by atoms with Gasteiger partial charge in [-0.1, -0.05) is 24.3 Å². The SMILES string of the molecule is C[C@@H](COC1CCCCO1)OC(=O)CCC(=O)OCCc1ccc(OC(=O)C2CCC(C(=O)Oc3ccc(CCOC(=O)CCC(=O)O[C@@H](C)COC4CCCCO4)cc3)CC2)cc1. The first-order valence-electron chi connectivity index (χ1n) is 22.8. The second kappa shape index (κ2) is 27.4. The van der Waals surface area contributed by atoms with Crippen LogP contribution in [-0.4, -0.2) is 100 Å². The third-order valence-electron chi connectivity index (χ3n) is 11.0. The molecule has 0 amide bonds. The highest BCUT2D eigenvalue weighted by molar-refractivity contribution is 5.79. The van der Waals surface area contributed by atoms with Crippen LogP contribution >= 0.6 is 0 Å². The number of esters is 6. The normalized spacial score (nSPS) is 20.8. The third kappa shape index (κ3) is 19.1. The molecule has 0 aromatic heterocycles. The highest BCUT2D eigenvalue weighted by Gasteiger charge is 2.32. The van der Waals surface area contributed by atoms with E-state index in [0.29, 0.717) is 63.2 Å². The van der Waals surface area contributed by atoms with E-state index in [1.165, 1.54) is 0 Å². The van der Waals surface area contributed by atoms with Crippen LogP contribution in [0.2, 0.25) is 0 Å². The molecule has 4 atom stereocenters. The first-order chi connectivity index (χ1) is 31.0. The van der Waals surface area contributed by atoms with Gasteiger partial charge in [0.1, 0.15) is 23.7 Å². The summed E-state index contributed by atoms with van der Waals surface area (Å²) in [5, 5.41) is 0. The molecule has 0 radical (unpaired) electrons. The molecule has 2 heterocycles. The molecule has 2 aromatic carbocycles. The minimum Gasteiger partial charge on any atom is -0.465 e. The summed E-state index contributed by atoms with van der Waals surface area (Å²) in [6.07, 6.45) is 6.83. The summed E-state index contributed by atoms with van der Waals surface area (Å²) >= 11 is 0. The van der Waals surface area contributed by atoms with Crippen molar-refractivity contribution in [2.45, 2.75) is 141 Å². The van der Waals surface area contributed by atoms with Crippen molar-refractivity contribution in [3.63, 3.8) is 0 Å². The van der Waals surface area contributed by atoms with Gasteiger partial charge >= 0.3 is 35.8 Å². The van der Waals surface area contributed by atoms with Crippen LogP contribution in [0.25, 0.3) is 0 Å². The molecule has 1 saturated carbocycles. The second-order valence-electron chi connectivity index (χ2n) is 16.5. The van der Waals surface area contributed by atoms with Crippen molar-refractivity contribution in [1.29, 1.82) is 0 Å². The minimum absolute atomic E-state index is 0.0893. The first-order valence-corrected chi connectivity index (χ1v) is 22.8. The lowest BCUT2D eigenvalue weighted by Crippen LogP contribution is -2.30. The molecule has 2 unspecified atom stereocenters. The Kier molecular flexibility index (Phi) is 21.5. The van der Waals surface area contributed by atoms with Gasteiger partial charge in [-0.25, -0.2) is 0 Å². The fourth-order valence-electron chi connectivity index (χ4n) is 7.34. The quantitative estimate of drug-likeness (QED) is 0.0614. The lowest BCUT2D eigenvalue weighted by molar-refractivity contribution is -0.183. The molecule has 64 heavy (non-hydrogen) atoms. The fraction of sp³-hybridized carbons (Fsp3) is 0.625. The van der Waals surface area contributed by atoms with E-state index < -0.39 is 36.1 Å². The molecule has 0 N–H and O–H groups in total. The van der Waals surface area contributed by atoms with Gasteiger partial charge in [-0.15, -0.1) is 0 Å². The lowest BCUT2D eigenvalue weighted by Gasteiger charge is -2.25. The van der Waals surface area contributed by atoms with Crippen molar-refractivity contribution in [3.05, 3.63) is 59.7 Å². The van der Waals surface area contributed by atoms with E-state index in [0.717, 1.165) is 49.7 Å². The Balaban J connectivity index is 0.878. The zero-order valence-corrected chi connectivity index (χ0v) is 37.2. The predicted molar refractivity (Wildman–Crippen MR) is 228 cm³/mol. The van der Waals surface area contributed by atoms with Crippen molar-refractivity contribution in [2.24, 2.45) is 11.8 Å². The lowest BCUT2D eigenvalue weighted by atomic mass is 9.82. The molecule has 2 aromatic rings. The molecular weight excluding hydrogens is 833 g/mol. The molecule has 3 aliphatic rings. The van der Waals surface area contributed by atoms with Crippen LogP contribution in [0.1, 0.15) is 115 Å². The minimum atomic E-state index is -0.498. The zero-order chi connectivity index (χ0) is 45.5. The van der Waals surface area contributed by atoms with Gasteiger partial charge in [0, 0.05) is 26.1 Å². The van der Waals surface area contributed by atoms with Crippen LogP contribution in [0, 0.1) is 11.8 Å². The molecule has 16 nitrogen and oxygen atoms in total. The highest BCUT2D eigenvalue weighted by Crippen LogP contribution is 2.31. The average molecular weight is 897 g/mol. The van der Waals surface area contributed by atoms with Crippen LogP contribution in [0.3, 0.4) is 0 Å². The molecule has 5 rings (SSSR count). The number of benzene rings is 2. The van der Waals surface area contributed by atoms with E-state index in [4.69, 9.17) is 47.4 Å². The van der Waals surface area contributed by atoms with Crippen LogP contribution in [0.15, 0.2) is 48.5 Å². The number of ether oxygens (including phenoxy) is 10. The number of hydrogen-bond donors (Lipinski definition) is 0. The maximum Gasteiger partial charge on any atom is 0.314 e. The van der Waals surface area contributed by atoms with Crippen molar-refractivity contribution in [3.8, 4) is 11.5 Å². The van der Waals surface area contributed by atoms with Crippen molar-refractivity contribution in [2.75, 3.05) is 39.6 Å². The van der Waals surface area contributed by atoms with Gasteiger partial charge in [0.2, 0.25) is 0 Å². The van der Waals surface area contributed by atoms with Gasteiger partial charge < -0.3 is 47.4 Å². The number of hydrogen-bond acceptors (Lipinski definition) is 16. The second-order valence-corrected chi connectivity index (χ2v) is 16.5. The summed E-state index contributed by atoms with van der Waals surface area (Å²) in [6, 6.07) is 13.9. The van der Waals surface area contributed by atoms with Crippen LogP contribution in [0.4, 0.5) is 0 Å². The molecule has 3 fully saturated rings. The molecule has 16 heteroatoms. The van der Waals surface area contributed by atoms with Gasteiger partial charge in [-0.2, -0.15) is 0 Å². The van der Waals surface area contributed by atoms with Gasteiger partial charge in [-0.05, 0) is 113 Å². The Morgan fingerprint density at radius 1 is 0.516 bits per heavy atom. The van der Waals surface area contributed by atoms with Crippen molar-refractivity contribution < 1.29 is 76.1 Å².